The molecule has 0 aliphatic heterocycles. The maximum absolute atomic E-state index is 12.2. The third-order valence-electron chi connectivity index (χ3n) is 3.18. The largest absolute Gasteiger partial charge is 0.388 e. The molecule has 2 N–H and O–H groups in total. The summed E-state index contributed by atoms with van der Waals surface area (Å²) in [7, 11) is 1.79. The maximum Gasteiger partial charge on any atom is 0.258 e. The fourth-order valence-corrected chi connectivity index (χ4v) is 2.36. The van der Waals surface area contributed by atoms with Crippen molar-refractivity contribution in [2.75, 3.05) is 12.4 Å². The standard InChI is InChI=1S/C16H15IN2O2/c1-10-13(4-3-5-14(10)18-2)16(21)19-15(20)11-6-8-12(17)9-7-11/h3-9,18H,1-2H3,(H,19,20,21). The SMILES string of the molecule is CNc1cccc(C(=O)NC(=O)c2ccc(I)cc2)c1C. The van der Waals surface area contributed by atoms with Crippen LogP contribution in [0.1, 0.15) is 26.3 Å². The Morgan fingerprint density at radius 2 is 1.67 bits per heavy atom. The summed E-state index contributed by atoms with van der Waals surface area (Å²) < 4.78 is 1.04. The zero-order valence-electron chi connectivity index (χ0n) is 11.7. The molecule has 2 rings (SSSR count). The number of halogens is 1. The Bertz CT molecular complexity index is 681. The number of rotatable bonds is 3. The van der Waals surface area contributed by atoms with E-state index in [4.69, 9.17) is 0 Å². The van der Waals surface area contributed by atoms with Gasteiger partial charge in [-0.2, -0.15) is 0 Å². The van der Waals surface area contributed by atoms with Crippen LogP contribution in [0.15, 0.2) is 42.5 Å². The zero-order valence-corrected chi connectivity index (χ0v) is 13.9. The van der Waals surface area contributed by atoms with E-state index in [1.807, 2.05) is 25.1 Å². The van der Waals surface area contributed by atoms with Gasteiger partial charge in [0, 0.05) is 27.4 Å². The normalized spacial score (nSPS) is 10.0. The molecule has 0 atom stereocenters. The quantitative estimate of drug-likeness (QED) is 0.621. The summed E-state index contributed by atoms with van der Waals surface area (Å²) in [5.74, 6) is -0.793. The van der Waals surface area contributed by atoms with Crippen LogP contribution in [0, 0.1) is 10.5 Å². The summed E-state index contributed by atoms with van der Waals surface area (Å²) in [4.78, 5) is 24.3. The van der Waals surface area contributed by atoms with E-state index in [0.29, 0.717) is 11.1 Å². The Hall–Kier alpha value is -1.89. The molecule has 4 nitrogen and oxygen atoms in total. The zero-order chi connectivity index (χ0) is 15.4. The van der Waals surface area contributed by atoms with Crippen LogP contribution in [0.4, 0.5) is 5.69 Å². The predicted octanol–water partition coefficient (Wildman–Crippen LogP) is 3.21. The Balaban J connectivity index is 2.18. The maximum atomic E-state index is 12.2. The average molecular weight is 394 g/mol. The molecular weight excluding hydrogens is 379 g/mol. The number of carbonyl (C=O) groups excluding carboxylic acids is 2. The van der Waals surface area contributed by atoms with Crippen LogP contribution in [0.25, 0.3) is 0 Å². The van der Waals surface area contributed by atoms with Crippen LogP contribution in [0.2, 0.25) is 0 Å². The monoisotopic (exact) mass is 394 g/mol. The van der Waals surface area contributed by atoms with Crippen molar-refractivity contribution < 1.29 is 9.59 Å². The second-order valence-electron chi connectivity index (χ2n) is 4.52. The number of anilines is 1. The lowest BCUT2D eigenvalue weighted by Gasteiger charge is -2.10. The van der Waals surface area contributed by atoms with Crippen molar-refractivity contribution in [3.05, 3.63) is 62.7 Å². The van der Waals surface area contributed by atoms with Crippen LogP contribution in [0.5, 0.6) is 0 Å². The third-order valence-corrected chi connectivity index (χ3v) is 3.90. The van der Waals surface area contributed by atoms with E-state index in [1.165, 1.54) is 0 Å². The highest BCUT2D eigenvalue weighted by Crippen LogP contribution is 2.18. The van der Waals surface area contributed by atoms with E-state index in [-0.39, 0.29) is 0 Å². The Kier molecular flexibility index (Phi) is 4.95. The second kappa shape index (κ2) is 6.71. The lowest BCUT2D eigenvalue weighted by atomic mass is 10.1. The van der Waals surface area contributed by atoms with Crippen molar-refractivity contribution in [2.24, 2.45) is 0 Å². The minimum absolute atomic E-state index is 0.395. The minimum Gasteiger partial charge on any atom is -0.388 e. The Labute approximate surface area is 137 Å². The second-order valence-corrected chi connectivity index (χ2v) is 5.76. The van der Waals surface area contributed by atoms with Gasteiger partial charge in [-0.05, 0) is 71.5 Å². The van der Waals surface area contributed by atoms with Crippen molar-refractivity contribution in [3.8, 4) is 0 Å². The number of imide groups is 1. The number of hydrogen-bond acceptors (Lipinski definition) is 3. The molecule has 0 fully saturated rings. The molecule has 2 aromatic rings. The van der Waals surface area contributed by atoms with Gasteiger partial charge in [0.1, 0.15) is 0 Å². The van der Waals surface area contributed by atoms with E-state index in [2.05, 4.69) is 33.2 Å². The molecule has 2 amide bonds. The first-order chi connectivity index (χ1) is 10.0. The lowest BCUT2D eigenvalue weighted by molar-refractivity contribution is 0.0849. The van der Waals surface area contributed by atoms with Gasteiger partial charge in [-0.15, -0.1) is 0 Å². The molecule has 21 heavy (non-hydrogen) atoms. The first kappa shape index (κ1) is 15.5. The fraction of sp³-hybridized carbons (Fsp3) is 0.125. The van der Waals surface area contributed by atoms with Gasteiger partial charge in [0.15, 0.2) is 0 Å². The van der Waals surface area contributed by atoms with Crippen molar-refractivity contribution >= 4 is 40.1 Å². The van der Waals surface area contributed by atoms with Gasteiger partial charge in [0.2, 0.25) is 0 Å². The smallest absolute Gasteiger partial charge is 0.258 e. The molecule has 0 heterocycles. The lowest BCUT2D eigenvalue weighted by Crippen LogP contribution is -2.31. The van der Waals surface area contributed by atoms with Crippen LogP contribution in [-0.4, -0.2) is 18.9 Å². The Morgan fingerprint density at radius 1 is 1.00 bits per heavy atom. The molecule has 0 saturated heterocycles. The first-order valence-corrected chi connectivity index (χ1v) is 7.49. The van der Waals surface area contributed by atoms with Gasteiger partial charge in [0.05, 0.1) is 0 Å². The van der Waals surface area contributed by atoms with E-state index in [9.17, 15) is 9.59 Å². The molecule has 0 aliphatic rings. The number of benzene rings is 2. The van der Waals surface area contributed by atoms with Gasteiger partial charge >= 0.3 is 0 Å². The molecule has 0 saturated carbocycles. The van der Waals surface area contributed by atoms with E-state index >= 15 is 0 Å². The van der Waals surface area contributed by atoms with Crippen molar-refractivity contribution in [2.45, 2.75) is 6.92 Å². The summed E-state index contributed by atoms with van der Waals surface area (Å²) >= 11 is 2.16. The number of hydrogen-bond donors (Lipinski definition) is 2. The molecule has 2 aromatic carbocycles. The number of carbonyl (C=O) groups is 2. The molecule has 0 spiro atoms. The Morgan fingerprint density at radius 3 is 2.29 bits per heavy atom. The molecular formula is C16H15IN2O2. The number of nitrogens with one attached hydrogen (secondary N) is 2. The van der Waals surface area contributed by atoms with Crippen LogP contribution >= 0.6 is 22.6 Å². The molecule has 0 aromatic heterocycles. The number of amides is 2. The third kappa shape index (κ3) is 3.60. The molecule has 108 valence electrons. The predicted molar refractivity (Wildman–Crippen MR) is 91.7 cm³/mol. The average Bonchev–Trinajstić information content (AvgIpc) is 2.48. The molecule has 0 bridgehead atoms. The van der Waals surface area contributed by atoms with Gasteiger partial charge in [-0.1, -0.05) is 6.07 Å². The van der Waals surface area contributed by atoms with E-state index < -0.39 is 11.8 Å². The van der Waals surface area contributed by atoms with E-state index in [0.717, 1.165) is 14.8 Å². The highest BCUT2D eigenvalue weighted by atomic mass is 127. The fourth-order valence-electron chi connectivity index (χ4n) is 2.00. The van der Waals surface area contributed by atoms with Gasteiger partial charge in [-0.3, -0.25) is 14.9 Å². The summed E-state index contributed by atoms with van der Waals surface area (Å²) in [5, 5.41) is 5.43. The van der Waals surface area contributed by atoms with Crippen molar-refractivity contribution in [3.63, 3.8) is 0 Å². The summed E-state index contributed by atoms with van der Waals surface area (Å²) in [6.07, 6.45) is 0. The molecule has 0 aliphatic carbocycles. The van der Waals surface area contributed by atoms with Gasteiger partial charge in [0.25, 0.3) is 11.8 Å². The van der Waals surface area contributed by atoms with Gasteiger partial charge < -0.3 is 5.32 Å². The minimum atomic E-state index is -0.398. The highest BCUT2D eigenvalue weighted by molar-refractivity contribution is 14.1. The summed E-state index contributed by atoms with van der Waals surface area (Å²) in [5.41, 5.74) is 2.63. The summed E-state index contributed by atoms with van der Waals surface area (Å²) in [6, 6.07) is 12.4. The molecule has 0 unspecified atom stereocenters. The van der Waals surface area contributed by atoms with Crippen LogP contribution in [-0.2, 0) is 0 Å². The van der Waals surface area contributed by atoms with Crippen molar-refractivity contribution in [1.82, 2.24) is 5.32 Å². The molecule has 0 radical (unpaired) electrons. The topological polar surface area (TPSA) is 58.2 Å². The van der Waals surface area contributed by atoms with Gasteiger partial charge in [-0.25, -0.2) is 0 Å². The highest BCUT2D eigenvalue weighted by Gasteiger charge is 2.15. The van der Waals surface area contributed by atoms with Crippen molar-refractivity contribution in [1.29, 1.82) is 0 Å². The van der Waals surface area contributed by atoms with Crippen LogP contribution in [0.3, 0.4) is 0 Å². The first-order valence-electron chi connectivity index (χ1n) is 6.41. The van der Waals surface area contributed by atoms with Crippen LogP contribution < -0.4 is 10.6 Å². The summed E-state index contributed by atoms with van der Waals surface area (Å²) in [6.45, 7) is 1.84. The van der Waals surface area contributed by atoms with E-state index in [1.54, 1.807) is 31.3 Å². The molecule has 5 heteroatoms.